The molecule has 0 bridgehead atoms. The maximum Gasteiger partial charge on any atom is 0.123 e. The molecule has 0 atom stereocenters. The predicted molar refractivity (Wildman–Crippen MR) is 78.7 cm³/mol. The first-order valence-corrected chi connectivity index (χ1v) is 6.76. The number of nitrogens with zero attached hydrogens (tertiary/aromatic N) is 2. The Kier molecular flexibility index (Phi) is 5.65. The summed E-state index contributed by atoms with van der Waals surface area (Å²) in [5.41, 5.74) is 2.18. The lowest BCUT2D eigenvalue weighted by molar-refractivity contribution is 0.323. The van der Waals surface area contributed by atoms with E-state index in [1.165, 1.54) is 11.6 Å². The molecule has 2 aromatic rings. The van der Waals surface area contributed by atoms with E-state index in [2.05, 4.69) is 21.3 Å². The zero-order chi connectivity index (χ0) is 14.2. The molecule has 0 saturated carbocycles. The van der Waals surface area contributed by atoms with Crippen LogP contribution in [-0.2, 0) is 13.1 Å². The van der Waals surface area contributed by atoms with Gasteiger partial charge in [-0.05, 0) is 36.4 Å². The topological polar surface area (TPSA) is 28.2 Å². The first kappa shape index (κ1) is 14.6. The highest BCUT2D eigenvalue weighted by Gasteiger charge is 2.01. The van der Waals surface area contributed by atoms with Crippen molar-refractivity contribution >= 4 is 0 Å². The lowest BCUT2D eigenvalue weighted by Gasteiger charge is -2.17. The molecule has 4 heteroatoms. The molecule has 20 heavy (non-hydrogen) atoms. The highest BCUT2D eigenvalue weighted by Crippen LogP contribution is 2.05. The number of benzene rings is 1. The van der Waals surface area contributed by atoms with Gasteiger partial charge in [-0.2, -0.15) is 0 Å². The van der Waals surface area contributed by atoms with Gasteiger partial charge in [-0.25, -0.2) is 4.39 Å². The molecule has 0 amide bonds. The molecule has 0 spiro atoms. The molecule has 0 aliphatic heterocycles. The number of nitrogens with one attached hydrogen (secondary N) is 1. The van der Waals surface area contributed by atoms with Crippen LogP contribution in [0, 0.1) is 5.82 Å². The van der Waals surface area contributed by atoms with Crippen LogP contribution in [0.1, 0.15) is 11.1 Å². The zero-order valence-corrected chi connectivity index (χ0v) is 11.7. The van der Waals surface area contributed by atoms with E-state index in [0.717, 1.165) is 31.7 Å². The summed E-state index contributed by atoms with van der Waals surface area (Å²) in [6.07, 6.45) is 3.64. The molecule has 0 aliphatic rings. The lowest BCUT2D eigenvalue weighted by Crippen LogP contribution is -2.28. The molecule has 1 N–H and O–H groups in total. The van der Waals surface area contributed by atoms with Gasteiger partial charge in [0.1, 0.15) is 5.82 Å². The van der Waals surface area contributed by atoms with E-state index in [9.17, 15) is 4.39 Å². The normalized spacial score (nSPS) is 10.9. The van der Waals surface area contributed by atoms with Gasteiger partial charge in [-0.15, -0.1) is 0 Å². The van der Waals surface area contributed by atoms with E-state index in [-0.39, 0.29) is 5.82 Å². The average molecular weight is 273 g/mol. The van der Waals surface area contributed by atoms with E-state index < -0.39 is 0 Å². The first-order chi connectivity index (χ1) is 9.74. The Morgan fingerprint density at radius 3 is 2.80 bits per heavy atom. The van der Waals surface area contributed by atoms with Crippen LogP contribution in [0.3, 0.4) is 0 Å². The van der Waals surface area contributed by atoms with Crippen LogP contribution in [0.5, 0.6) is 0 Å². The van der Waals surface area contributed by atoms with Crippen LogP contribution in [0.15, 0.2) is 48.8 Å². The second-order valence-corrected chi connectivity index (χ2v) is 4.91. The van der Waals surface area contributed by atoms with Crippen LogP contribution in [-0.4, -0.2) is 30.0 Å². The van der Waals surface area contributed by atoms with Gasteiger partial charge >= 0.3 is 0 Å². The third-order valence-electron chi connectivity index (χ3n) is 3.06. The minimum Gasteiger partial charge on any atom is -0.311 e. The fourth-order valence-electron chi connectivity index (χ4n) is 2.03. The van der Waals surface area contributed by atoms with Crippen LogP contribution in [0.2, 0.25) is 0 Å². The van der Waals surface area contributed by atoms with Gasteiger partial charge in [0.2, 0.25) is 0 Å². The van der Waals surface area contributed by atoms with E-state index >= 15 is 0 Å². The average Bonchev–Trinajstić information content (AvgIpc) is 2.45. The molecular formula is C16H20FN3. The summed E-state index contributed by atoms with van der Waals surface area (Å²) in [7, 11) is 2.04. The predicted octanol–water partition coefficient (Wildman–Crippen LogP) is 2.44. The van der Waals surface area contributed by atoms with Crippen molar-refractivity contribution < 1.29 is 4.39 Å². The summed E-state index contributed by atoms with van der Waals surface area (Å²) < 4.78 is 13.1. The van der Waals surface area contributed by atoms with Gasteiger partial charge in [-0.1, -0.05) is 18.2 Å². The Morgan fingerprint density at radius 1 is 1.20 bits per heavy atom. The van der Waals surface area contributed by atoms with Crippen molar-refractivity contribution in [2.75, 3.05) is 20.1 Å². The SMILES string of the molecule is CN(CCNCc1cccnc1)Cc1cccc(F)c1. The fraction of sp³-hybridized carbons (Fsp3) is 0.312. The summed E-state index contributed by atoms with van der Waals surface area (Å²) in [4.78, 5) is 6.25. The minimum atomic E-state index is -0.175. The number of hydrogen-bond donors (Lipinski definition) is 1. The second kappa shape index (κ2) is 7.72. The maximum atomic E-state index is 13.1. The van der Waals surface area contributed by atoms with E-state index in [0.29, 0.717) is 0 Å². The summed E-state index contributed by atoms with van der Waals surface area (Å²) in [5.74, 6) is -0.175. The molecule has 2 rings (SSSR count). The van der Waals surface area contributed by atoms with E-state index in [1.54, 1.807) is 18.3 Å². The van der Waals surface area contributed by atoms with Crippen molar-refractivity contribution in [3.63, 3.8) is 0 Å². The largest absolute Gasteiger partial charge is 0.311 e. The van der Waals surface area contributed by atoms with Gasteiger partial charge in [0.15, 0.2) is 0 Å². The summed E-state index contributed by atoms with van der Waals surface area (Å²) >= 11 is 0. The van der Waals surface area contributed by atoms with Crippen molar-refractivity contribution in [3.8, 4) is 0 Å². The highest BCUT2D eigenvalue weighted by atomic mass is 19.1. The van der Waals surface area contributed by atoms with Gasteiger partial charge in [0, 0.05) is 38.6 Å². The molecule has 0 radical (unpaired) electrons. The molecule has 0 fully saturated rings. The Morgan fingerprint density at radius 2 is 2.05 bits per heavy atom. The number of aromatic nitrogens is 1. The summed E-state index contributed by atoms with van der Waals surface area (Å²) in [6, 6.07) is 10.7. The van der Waals surface area contributed by atoms with Crippen molar-refractivity contribution in [2.45, 2.75) is 13.1 Å². The van der Waals surface area contributed by atoms with Crippen molar-refractivity contribution in [1.82, 2.24) is 15.2 Å². The third kappa shape index (κ3) is 5.07. The van der Waals surface area contributed by atoms with Crippen LogP contribution < -0.4 is 5.32 Å². The second-order valence-electron chi connectivity index (χ2n) is 4.91. The number of likely N-dealkylation sites (N-methyl/N-ethyl adjacent to an activating group) is 1. The number of pyridine rings is 1. The van der Waals surface area contributed by atoms with Gasteiger partial charge in [0.25, 0.3) is 0 Å². The standard InChI is InChI=1S/C16H20FN3/c1-20(13-14-4-2-6-16(17)10-14)9-8-19-12-15-5-3-7-18-11-15/h2-7,10-11,19H,8-9,12-13H2,1H3. The van der Waals surface area contributed by atoms with Crippen molar-refractivity contribution in [2.24, 2.45) is 0 Å². The van der Waals surface area contributed by atoms with E-state index in [4.69, 9.17) is 0 Å². The third-order valence-corrected chi connectivity index (χ3v) is 3.06. The molecule has 0 saturated heterocycles. The lowest BCUT2D eigenvalue weighted by atomic mass is 10.2. The maximum absolute atomic E-state index is 13.1. The Labute approximate surface area is 119 Å². The Hall–Kier alpha value is -1.78. The monoisotopic (exact) mass is 273 g/mol. The highest BCUT2D eigenvalue weighted by molar-refractivity contribution is 5.16. The zero-order valence-electron chi connectivity index (χ0n) is 11.7. The molecule has 3 nitrogen and oxygen atoms in total. The molecule has 1 aromatic carbocycles. The van der Waals surface area contributed by atoms with Crippen LogP contribution in [0.25, 0.3) is 0 Å². The van der Waals surface area contributed by atoms with Gasteiger partial charge in [-0.3, -0.25) is 4.98 Å². The number of rotatable bonds is 7. The van der Waals surface area contributed by atoms with Crippen molar-refractivity contribution in [1.29, 1.82) is 0 Å². The molecule has 0 unspecified atom stereocenters. The quantitative estimate of drug-likeness (QED) is 0.785. The first-order valence-electron chi connectivity index (χ1n) is 6.76. The molecule has 0 aliphatic carbocycles. The van der Waals surface area contributed by atoms with Crippen molar-refractivity contribution in [3.05, 3.63) is 65.7 Å². The summed E-state index contributed by atoms with van der Waals surface area (Å²) in [5, 5.41) is 3.37. The Balaban J connectivity index is 1.66. The van der Waals surface area contributed by atoms with Gasteiger partial charge in [0.05, 0.1) is 0 Å². The molecule has 106 valence electrons. The number of hydrogen-bond acceptors (Lipinski definition) is 3. The fourth-order valence-corrected chi connectivity index (χ4v) is 2.03. The van der Waals surface area contributed by atoms with E-state index in [1.807, 2.05) is 25.4 Å². The number of halogens is 1. The summed E-state index contributed by atoms with van der Waals surface area (Å²) in [6.45, 7) is 3.38. The molecule has 1 heterocycles. The van der Waals surface area contributed by atoms with Gasteiger partial charge < -0.3 is 10.2 Å². The van der Waals surface area contributed by atoms with Crippen LogP contribution >= 0.6 is 0 Å². The minimum absolute atomic E-state index is 0.175. The molecule has 1 aromatic heterocycles. The Bertz CT molecular complexity index is 516. The molecular weight excluding hydrogens is 253 g/mol. The smallest absolute Gasteiger partial charge is 0.123 e. The van der Waals surface area contributed by atoms with Crippen LogP contribution in [0.4, 0.5) is 4.39 Å².